The quantitative estimate of drug-likeness (QED) is 0.831. The van der Waals surface area contributed by atoms with E-state index in [-0.39, 0.29) is 4.90 Å². The summed E-state index contributed by atoms with van der Waals surface area (Å²) in [6.45, 7) is 2.17. The van der Waals surface area contributed by atoms with Gasteiger partial charge >= 0.3 is 0 Å². The number of anilines is 2. The molecule has 1 aromatic heterocycles. The van der Waals surface area contributed by atoms with Crippen LogP contribution in [0.2, 0.25) is 0 Å². The van der Waals surface area contributed by atoms with Gasteiger partial charge in [0.15, 0.2) is 0 Å². The molecular formula is C12H14N2O3S2. The predicted molar refractivity (Wildman–Crippen MR) is 77.2 cm³/mol. The van der Waals surface area contributed by atoms with Crippen LogP contribution in [0.5, 0.6) is 5.75 Å². The van der Waals surface area contributed by atoms with Gasteiger partial charge in [0.25, 0.3) is 10.0 Å². The first kappa shape index (κ1) is 13.7. The van der Waals surface area contributed by atoms with Gasteiger partial charge in [-0.3, -0.25) is 4.72 Å². The van der Waals surface area contributed by atoms with E-state index in [4.69, 9.17) is 10.5 Å². The van der Waals surface area contributed by atoms with Gasteiger partial charge in [0.2, 0.25) is 0 Å². The summed E-state index contributed by atoms with van der Waals surface area (Å²) < 4.78 is 32.4. The fourth-order valence-corrected chi connectivity index (χ4v) is 3.43. The van der Waals surface area contributed by atoms with Gasteiger partial charge in [0.1, 0.15) is 10.6 Å². The van der Waals surface area contributed by atoms with Gasteiger partial charge in [-0.25, -0.2) is 8.42 Å². The van der Waals surface area contributed by atoms with Crippen LogP contribution in [0.25, 0.3) is 0 Å². The highest BCUT2D eigenvalue weighted by Crippen LogP contribution is 2.28. The number of hydrogen-bond donors (Lipinski definition) is 2. The lowest BCUT2D eigenvalue weighted by molar-refractivity contribution is 0.331. The molecule has 0 radical (unpaired) electrons. The van der Waals surface area contributed by atoms with Crippen molar-refractivity contribution in [3.8, 4) is 5.75 Å². The van der Waals surface area contributed by atoms with Gasteiger partial charge in [-0.1, -0.05) is 0 Å². The first-order chi connectivity index (χ1) is 9.03. The maximum Gasteiger partial charge on any atom is 0.265 e. The summed E-state index contributed by atoms with van der Waals surface area (Å²) in [6, 6.07) is 6.24. The molecule has 2 rings (SSSR count). The Morgan fingerprint density at radius 1 is 1.37 bits per heavy atom. The van der Waals surface area contributed by atoms with Gasteiger partial charge in [0, 0.05) is 11.1 Å². The first-order valence-corrected chi connectivity index (χ1v) is 8.03. The van der Waals surface area contributed by atoms with Crippen molar-refractivity contribution in [2.75, 3.05) is 17.1 Å². The highest BCUT2D eigenvalue weighted by molar-refractivity contribution is 7.92. The van der Waals surface area contributed by atoms with Crippen LogP contribution in [0, 0.1) is 0 Å². The summed E-state index contributed by atoms with van der Waals surface area (Å²) >= 11 is 1.41. The molecule has 102 valence electrons. The Morgan fingerprint density at radius 2 is 2.16 bits per heavy atom. The molecule has 0 amide bonds. The third-order valence-electron chi connectivity index (χ3n) is 2.33. The van der Waals surface area contributed by atoms with Gasteiger partial charge in [-0.15, -0.1) is 0 Å². The molecule has 0 unspecified atom stereocenters. The molecule has 0 aliphatic rings. The minimum Gasteiger partial charge on any atom is -0.492 e. The number of ether oxygens (including phenoxy) is 1. The average molecular weight is 298 g/mol. The molecule has 0 bridgehead atoms. The zero-order chi connectivity index (χ0) is 13.9. The average Bonchev–Trinajstić information content (AvgIpc) is 2.83. The van der Waals surface area contributed by atoms with E-state index in [2.05, 4.69) is 4.72 Å². The number of sulfonamides is 1. The summed E-state index contributed by atoms with van der Waals surface area (Å²) in [6.07, 6.45) is 0. The lowest BCUT2D eigenvalue weighted by Crippen LogP contribution is -2.14. The topological polar surface area (TPSA) is 81.4 Å². The van der Waals surface area contributed by atoms with E-state index < -0.39 is 10.0 Å². The van der Waals surface area contributed by atoms with E-state index in [1.165, 1.54) is 17.4 Å². The Labute approximate surface area is 116 Å². The molecule has 19 heavy (non-hydrogen) atoms. The van der Waals surface area contributed by atoms with Crippen molar-refractivity contribution in [1.29, 1.82) is 0 Å². The van der Waals surface area contributed by atoms with Crippen molar-refractivity contribution in [3.05, 3.63) is 35.0 Å². The van der Waals surface area contributed by atoms with Crippen LogP contribution in [0.3, 0.4) is 0 Å². The zero-order valence-electron chi connectivity index (χ0n) is 10.3. The fraction of sp³-hybridized carbons (Fsp3) is 0.167. The number of hydrogen-bond acceptors (Lipinski definition) is 5. The smallest absolute Gasteiger partial charge is 0.265 e. The minimum atomic E-state index is -3.71. The Hall–Kier alpha value is -1.73. The molecule has 0 saturated carbocycles. The van der Waals surface area contributed by atoms with Crippen molar-refractivity contribution < 1.29 is 13.2 Å². The number of benzene rings is 1. The predicted octanol–water partition coefficient (Wildman–Crippen LogP) is 2.53. The summed E-state index contributed by atoms with van der Waals surface area (Å²) in [4.78, 5) is 0.0422. The van der Waals surface area contributed by atoms with Crippen molar-refractivity contribution in [2.45, 2.75) is 11.8 Å². The van der Waals surface area contributed by atoms with Crippen molar-refractivity contribution in [1.82, 2.24) is 0 Å². The highest BCUT2D eigenvalue weighted by Gasteiger charge is 2.20. The van der Waals surface area contributed by atoms with Crippen molar-refractivity contribution in [3.63, 3.8) is 0 Å². The Bertz CT molecular complexity index is 652. The van der Waals surface area contributed by atoms with Crippen LogP contribution in [0.15, 0.2) is 39.9 Å². The second kappa shape index (κ2) is 5.50. The molecule has 5 nitrogen and oxygen atoms in total. The monoisotopic (exact) mass is 298 g/mol. The van der Waals surface area contributed by atoms with Crippen LogP contribution in [-0.4, -0.2) is 15.0 Å². The molecule has 0 spiro atoms. The molecule has 2 aromatic rings. The number of nitrogens with two attached hydrogens (primary N) is 1. The van der Waals surface area contributed by atoms with Gasteiger partial charge in [-0.2, -0.15) is 11.3 Å². The van der Waals surface area contributed by atoms with Crippen LogP contribution in [0.4, 0.5) is 11.4 Å². The van der Waals surface area contributed by atoms with E-state index in [1.54, 1.807) is 35.9 Å². The van der Waals surface area contributed by atoms with Gasteiger partial charge in [0.05, 0.1) is 12.3 Å². The van der Waals surface area contributed by atoms with E-state index in [0.29, 0.717) is 23.7 Å². The zero-order valence-corrected chi connectivity index (χ0v) is 11.9. The number of rotatable bonds is 5. The second-order valence-electron chi connectivity index (χ2n) is 3.76. The highest BCUT2D eigenvalue weighted by atomic mass is 32.2. The molecule has 1 aromatic carbocycles. The molecular weight excluding hydrogens is 284 g/mol. The van der Waals surface area contributed by atoms with E-state index in [9.17, 15) is 8.42 Å². The Kier molecular flexibility index (Phi) is 3.96. The van der Waals surface area contributed by atoms with Gasteiger partial charge < -0.3 is 10.5 Å². The van der Waals surface area contributed by atoms with E-state index in [1.807, 2.05) is 0 Å². The molecule has 0 aliphatic carbocycles. The normalized spacial score (nSPS) is 11.2. The molecule has 0 aliphatic heterocycles. The van der Waals surface area contributed by atoms with Crippen molar-refractivity contribution >= 4 is 32.7 Å². The number of nitrogens with one attached hydrogen (secondary N) is 1. The van der Waals surface area contributed by atoms with Crippen molar-refractivity contribution in [2.24, 2.45) is 0 Å². The Balaban J connectivity index is 2.41. The maximum absolute atomic E-state index is 12.3. The first-order valence-electron chi connectivity index (χ1n) is 5.60. The fourth-order valence-electron chi connectivity index (χ4n) is 1.54. The lowest BCUT2D eigenvalue weighted by atomic mass is 10.3. The third kappa shape index (κ3) is 3.18. The van der Waals surface area contributed by atoms with Crippen LogP contribution < -0.4 is 15.2 Å². The van der Waals surface area contributed by atoms with E-state index >= 15 is 0 Å². The summed E-state index contributed by atoms with van der Waals surface area (Å²) in [5.74, 6) is 0.291. The summed E-state index contributed by atoms with van der Waals surface area (Å²) in [7, 11) is -3.71. The number of thiophene rings is 1. The van der Waals surface area contributed by atoms with Crippen LogP contribution in [0.1, 0.15) is 6.92 Å². The number of nitrogen functional groups attached to an aromatic ring is 1. The SMILES string of the molecule is CCOc1ccc(N)cc1S(=O)(=O)Nc1ccsc1. The van der Waals surface area contributed by atoms with Crippen LogP contribution >= 0.6 is 11.3 Å². The van der Waals surface area contributed by atoms with Crippen LogP contribution in [-0.2, 0) is 10.0 Å². The third-order valence-corrected chi connectivity index (χ3v) is 4.42. The second-order valence-corrected chi connectivity index (χ2v) is 6.19. The lowest BCUT2D eigenvalue weighted by Gasteiger charge is -2.12. The largest absolute Gasteiger partial charge is 0.492 e. The summed E-state index contributed by atoms with van der Waals surface area (Å²) in [5, 5.41) is 3.50. The molecule has 0 saturated heterocycles. The minimum absolute atomic E-state index is 0.0422. The molecule has 1 heterocycles. The standard InChI is InChI=1S/C12H14N2O3S2/c1-2-17-11-4-3-9(13)7-12(11)19(15,16)14-10-5-6-18-8-10/h3-8,14H,2,13H2,1H3. The molecule has 0 atom stereocenters. The molecule has 0 fully saturated rings. The molecule has 3 N–H and O–H groups in total. The summed E-state index contributed by atoms with van der Waals surface area (Å²) in [5.41, 5.74) is 6.54. The van der Waals surface area contributed by atoms with E-state index in [0.717, 1.165) is 0 Å². The molecule has 7 heteroatoms. The maximum atomic E-state index is 12.3. The van der Waals surface area contributed by atoms with Gasteiger partial charge in [-0.05, 0) is 36.6 Å². The Morgan fingerprint density at radius 3 is 2.79 bits per heavy atom.